The Kier molecular flexibility index (Phi) is 5.97. The lowest BCUT2D eigenvalue weighted by molar-refractivity contribution is -0.137. The van der Waals surface area contributed by atoms with Crippen molar-refractivity contribution in [3.8, 4) is 0 Å². The van der Waals surface area contributed by atoms with Gasteiger partial charge in [-0.3, -0.25) is 0 Å². The fourth-order valence-electron chi connectivity index (χ4n) is 0.808. The van der Waals surface area contributed by atoms with Gasteiger partial charge in [-0.25, -0.2) is 4.79 Å². The minimum atomic E-state index is -1.70. The second-order valence-corrected chi connectivity index (χ2v) is 10.0. The lowest BCUT2D eigenvalue weighted by atomic mass is 10.2. The molecular formula is C12H24O3Si. The summed E-state index contributed by atoms with van der Waals surface area (Å²) in [5.41, 5.74) is 0. The largest absolute Gasteiger partial charge is 0.463 e. The third kappa shape index (κ3) is 5.46. The first-order chi connectivity index (χ1) is 7.20. The molecule has 0 fully saturated rings. The number of ether oxygens (including phenoxy) is 1. The number of hydrogen-bond donors (Lipinski definition) is 0. The van der Waals surface area contributed by atoms with Crippen molar-refractivity contribution in [2.24, 2.45) is 0 Å². The molecule has 0 aliphatic carbocycles. The Balaban J connectivity index is 4.03. The summed E-state index contributed by atoms with van der Waals surface area (Å²) >= 11 is 0. The van der Waals surface area contributed by atoms with Crippen LogP contribution >= 0.6 is 0 Å². The first-order valence-corrected chi connectivity index (χ1v) is 8.59. The van der Waals surface area contributed by atoms with Crippen LogP contribution in [0.4, 0.5) is 0 Å². The summed E-state index contributed by atoms with van der Waals surface area (Å²) < 4.78 is 10.6. The number of esters is 1. The molecule has 0 aromatic rings. The minimum absolute atomic E-state index is 0.199. The molecule has 0 saturated heterocycles. The standard InChI is InChI=1S/C12H24O3Si/c1-7-14-11(13)9-8-10-15-16(5,6)12(2,3)4/h8-9H,7,10H2,1-6H3/b9-8+. The Bertz CT molecular complexity index is 251. The van der Waals surface area contributed by atoms with Crippen LogP contribution in [0.15, 0.2) is 12.2 Å². The zero-order valence-electron chi connectivity index (χ0n) is 11.3. The van der Waals surface area contributed by atoms with E-state index in [1.165, 1.54) is 6.08 Å². The van der Waals surface area contributed by atoms with Crippen molar-refractivity contribution in [3.05, 3.63) is 12.2 Å². The van der Waals surface area contributed by atoms with Crippen LogP contribution in [0, 0.1) is 0 Å². The minimum Gasteiger partial charge on any atom is -0.463 e. The highest BCUT2D eigenvalue weighted by Crippen LogP contribution is 2.36. The van der Waals surface area contributed by atoms with Gasteiger partial charge in [-0.15, -0.1) is 0 Å². The summed E-state index contributed by atoms with van der Waals surface area (Å²) in [6.07, 6.45) is 3.15. The van der Waals surface area contributed by atoms with Crippen LogP contribution in [0.25, 0.3) is 0 Å². The van der Waals surface area contributed by atoms with Gasteiger partial charge in [0.2, 0.25) is 0 Å². The molecule has 0 aliphatic rings. The molecule has 0 N–H and O–H groups in total. The predicted molar refractivity (Wildman–Crippen MR) is 68.9 cm³/mol. The molecule has 0 aromatic carbocycles. The van der Waals surface area contributed by atoms with Gasteiger partial charge in [0.1, 0.15) is 0 Å². The SMILES string of the molecule is CCOC(=O)/C=C/CO[Si](C)(C)C(C)(C)C. The third-order valence-electron chi connectivity index (χ3n) is 2.89. The van der Waals surface area contributed by atoms with Gasteiger partial charge >= 0.3 is 5.97 Å². The molecule has 0 atom stereocenters. The fourth-order valence-corrected chi connectivity index (χ4v) is 1.75. The van der Waals surface area contributed by atoms with E-state index in [-0.39, 0.29) is 11.0 Å². The predicted octanol–water partition coefficient (Wildman–Crippen LogP) is 3.13. The average molecular weight is 244 g/mol. The van der Waals surface area contributed by atoms with Crippen LogP contribution in [-0.4, -0.2) is 27.5 Å². The first-order valence-electron chi connectivity index (χ1n) is 5.68. The first kappa shape index (κ1) is 15.4. The maximum absolute atomic E-state index is 11.0. The molecule has 4 heteroatoms. The van der Waals surface area contributed by atoms with Crippen molar-refractivity contribution in [2.45, 2.75) is 45.8 Å². The van der Waals surface area contributed by atoms with Gasteiger partial charge in [-0.05, 0) is 25.1 Å². The van der Waals surface area contributed by atoms with Gasteiger partial charge in [-0.2, -0.15) is 0 Å². The molecule has 0 aromatic heterocycles. The van der Waals surface area contributed by atoms with Crippen molar-refractivity contribution in [2.75, 3.05) is 13.2 Å². The zero-order chi connectivity index (χ0) is 12.8. The Hall–Kier alpha value is -0.613. The van der Waals surface area contributed by atoms with E-state index < -0.39 is 8.32 Å². The van der Waals surface area contributed by atoms with Gasteiger partial charge < -0.3 is 9.16 Å². The highest BCUT2D eigenvalue weighted by molar-refractivity contribution is 6.74. The maximum Gasteiger partial charge on any atom is 0.330 e. The summed E-state index contributed by atoms with van der Waals surface area (Å²) in [5, 5.41) is 0.199. The van der Waals surface area contributed by atoms with E-state index in [1.54, 1.807) is 13.0 Å². The number of hydrogen-bond acceptors (Lipinski definition) is 3. The summed E-state index contributed by atoms with van der Waals surface area (Å²) in [4.78, 5) is 11.0. The molecule has 0 rings (SSSR count). The highest BCUT2D eigenvalue weighted by Gasteiger charge is 2.36. The summed E-state index contributed by atoms with van der Waals surface area (Å²) in [7, 11) is -1.70. The van der Waals surface area contributed by atoms with Crippen molar-refractivity contribution in [1.29, 1.82) is 0 Å². The van der Waals surface area contributed by atoms with E-state index in [0.717, 1.165) is 0 Å². The van der Waals surface area contributed by atoms with E-state index in [9.17, 15) is 4.79 Å². The fraction of sp³-hybridized carbons (Fsp3) is 0.750. The van der Waals surface area contributed by atoms with Crippen molar-refractivity contribution in [1.82, 2.24) is 0 Å². The average Bonchev–Trinajstić information content (AvgIpc) is 2.11. The molecule has 0 saturated carbocycles. The van der Waals surface area contributed by atoms with Crippen LogP contribution < -0.4 is 0 Å². The monoisotopic (exact) mass is 244 g/mol. The van der Waals surface area contributed by atoms with Gasteiger partial charge in [0.05, 0.1) is 13.2 Å². The zero-order valence-corrected chi connectivity index (χ0v) is 12.3. The number of carbonyl (C=O) groups is 1. The molecule has 0 bridgehead atoms. The van der Waals surface area contributed by atoms with E-state index in [4.69, 9.17) is 9.16 Å². The number of carbonyl (C=O) groups excluding carboxylic acids is 1. The smallest absolute Gasteiger partial charge is 0.330 e. The molecule has 0 amide bonds. The van der Waals surface area contributed by atoms with Crippen molar-refractivity contribution >= 4 is 14.3 Å². The van der Waals surface area contributed by atoms with Gasteiger partial charge in [-0.1, -0.05) is 26.8 Å². The Morgan fingerprint density at radius 2 is 1.88 bits per heavy atom. The van der Waals surface area contributed by atoms with E-state index in [0.29, 0.717) is 13.2 Å². The molecule has 94 valence electrons. The van der Waals surface area contributed by atoms with Crippen LogP contribution in [0.1, 0.15) is 27.7 Å². The normalized spacial score (nSPS) is 13.1. The number of rotatable bonds is 5. The lowest BCUT2D eigenvalue weighted by Crippen LogP contribution is -2.40. The second kappa shape index (κ2) is 6.20. The Labute approximate surface area is 100.0 Å². The third-order valence-corrected chi connectivity index (χ3v) is 7.39. The summed E-state index contributed by atoms with van der Waals surface area (Å²) in [6, 6.07) is 0. The van der Waals surface area contributed by atoms with Crippen molar-refractivity contribution < 1.29 is 14.0 Å². The highest BCUT2D eigenvalue weighted by atomic mass is 28.4. The molecule has 16 heavy (non-hydrogen) atoms. The summed E-state index contributed by atoms with van der Waals surface area (Å²) in [5.74, 6) is -0.304. The lowest BCUT2D eigenvalue weighted by Gasteiger charge is -2.35. The van der Waals surface area contributed by atoms with E-state index >= 15 is 0 Å². The van der Waals surface area contributed by atoms with Gasteiger partial charge in [0, 0.05) is 6.08 Å². The molecule has 0 heterocycles. The van der Waals surface area contributed by atoms with Crippen LogP contribution in [0.2, 0.25) is 18.1 Å². The second-order valence-electron chi connectivity index (χ2n) is 5.23. The maximum atomic E-state index is 11.0. The van der Waals surface area contributed by atoms with Gasteiger partial charge in [0.25, 0.3) is 0 Å². The van der Waals surface area contributed by atoms with Crippen LogP contribution in [0.3, 0.4) is 0 Å². The Morgan fingerprint density at radius 3 is 2.31 bits per heavy atom. The van der Waals surface area contributed by atoms with Crippen molar-refractivity contribution in [3.63, 3.8) is 0 Å². The van der Waals surface area contributed by atoms with Gasteiger partial charge in [0.15, 0.2) is 8.32 Å². The van der Waals surface area contributed by atoms with E-state index in [1.807, 2.05) is 0 Å². The molecular weight excluding hydrogens is 220 g/mol. The molecule has 0 aliphatic heterocycles. The molecule has 0 radical (unpaired) electrons. The topological polar surface area (TPSA) is 35.5 Å². The quantitative estimate of drug-likeness (QED) is 0.423. The molecule has 3 nitrogen and oxygen atoms in total. The van der Waals surface area contributed by atoms with Crippen LogP contribution in [0.5, 0.6) is 0 Å². The van der Waals surface area contributed by atoms with Crippen LogP contribution in [-0.2, 0) is 14.0 Å². The summed E-state index contributed by atoms with van der Waals surface area (Å²) in [6.45, 7) is 13.6. The molecule has 0 spiro atoms. The Morgan fingerprint density at radius 1 is 1.31 bits per heavy atom. The van der Waals surface area contributed by atoms with E-state index in [2.05, 4.69) is 33.9 Å². The molecule has 0 unspecified atom stereocenters.